The number of anilines is 1. The summed E-state index contributed by atoms with van der Waals surface area (Å²) in [6.07, 6.45) is 1.08. The Hall–Kier alpha value is -0.730. The maximum Gasteiger partial charge on any atom is 0.0407 e. The van der Waals surface area contributed by atoms with Crippen LogP contribution in [0, 0.1) is 5.92 Å². The summed E-state index contributed by atoms with van der Waals surface area (Å²) in [6, 6.07) is 8.06. The van der Waals surface area contributed by atoms with Gasteiger partial charge < -0.3 is 11.1 Å². The molecule has 0 radical (unpaired) electrons. The Bertz CT molecular complexity index is 282. The minimum absolute atomic E-state index is 0.339. The Morgan fingerprint density at radius 2 is 1.87 bits per heavy atom. The molecule has 0 aliphatic heterocycles. The quantitative estimate of drug-likeness (QED) is 0.810. The minimum atomic E-state index is 0.339. The fourth-order valence-electron chi connectivity index (χ4n) is 1.56. The van der Waals surface area contributed by atoms with Crippen LogP contribution in [0.25, 0.3) is 0 Å². The van der Waals surface area contributed by atoms with Gasteiger partial charge in [-0.1, -0.05) is 25.4 Å². The fourth-order valence-corrected chi connectivity index (χ4v) is 1.69. The van der Waals surface area contributed by atoms with Crippen molar-refractivity contribution in [3.05, 3.63) is 29.3 Å². The molecule has 0 spiro atoms. The molecule has 15 heavy (non-hydrogen) atoms. The van der Waals surface area contributed by atoms with E-state index in [1.165, 1.54) is 0 Å². The number of hydrogen-bond donors (Lipinski definition) is 2. The summed E-state index contributed by atoms with van der Waals surface area (Å²) in [5.74, 6) is 0.651. The molecule has 3 N–H and O–H groups in total. The van der Waals surface area contributed by atoms with Crippen LogP contribution in [0.5, 0.6) is 0 Å². The second-order valence-electron chi connectivity index (χ2n) is 4.21. The van der Waals surface area contributed by atoms with E-state index in [1.807, 2.05) is 24.3 Å². The van der Waals surface area contributed by atoms with Crippen LogP contribution in [0.4, 0.5) is 5.69 Å². The first-order chi connectivity index (χ1) is 7.11. The van der Waals surface area contributed by atoms with Crippen LogP contribution in [-0.2, 0) is 0 Å². The average Bonchev–Trinajstić information content (AvgIpc) is 2.19. The molecule has 84 valence electrons. The summed E-state index contributed by atoms with van der Waals surface area (Å²) in [5, 5.41) is 4.16. The summed E-state index contributed by atoms with van der Waals surface area (Å²) in [4.78, 5) is 0. The Morgan fingerprint density at radius 3 is 2.33 bits per heavy atom. The third-order valence-electron chi connectivity index (χ3n) is 2.26. The van der Waals surface area contributed by atoms with Crippen molar-refractivity contribution >= 4 is 17.3 Å². The number of nitrogens with one attached hydrogen (secondary N) is 1. The summed E-state index contributed by atoms with van der Waals surface area (Å²) >= 11 is 5.81. The van der Waals surface area contributed by atoms with Crippen LogP contribution in [0.3, 0.4) is 0 Å². The highest BCUT2D eigenvalue weighted by Gasteiger charge is 2.08. The molecule has 0 bridgehead atoms. The Balaban J connectivity index is 2.54. The van der Waals surface area contributed by atoms with E-state index in [0.29, 0.717) is 18.5 Å². The topological polar surface area (TPSA) is 38.0 Å². The number of hydrogen-bond acceptors (Lipinski definition) is 2. The van der Waals surface area contributed by atoms with Gasteiger partial charge in [0.05, 0.1) is 0 Å². The molecule has 2 nitrogen and oxygen atoms in total. The van der Waals surface area contributed by atoms with Crippen molar-refractivity contribution in [2.75, 3.05) is 11.9 Å². The normalized spacial score (nSPS) is 12.9. The van der Waals surface area contributed by atoms with E-state index in [-0.39, 0.29) is 0 Å². The first kappa shape index (κ1) is 12.3. The van der Waals surface area contributed by atoms with E-state index in [2.05, 4.69) is 19.2 Å². The standard InChI is InChI=1S/C12H19ClN2/c1-9(2)7-12(8-14)15-11-5-3-10(13)4-6-11/h3-6,9,12,15H,7-8,14H2,1-2H3. The first-order valence-corrected chi connectivity index (χ1v) is 5.71. The molecule has 0 saturated carbocycles. The second-order valence-corrected chi connectivity index (χ2v) is 4.65. The molecular weight excluding hydrogens is 208 g/mol. The van der Waals surface area contributed by atoms with Gasteiger partial charge in [0.1, 0.15) is 0 Å². The van der Waals surface area contributed by atoms with E-state index < -0.39 is 0 Å². The van der Waals surface area contributed by atoms with Crippen molar-refractivity contribution in [1.82, 2.24) is 0 Å². The van der Waals surface area contributed by atoms with Gasteiger partial charge in [0.15, 0.2) is 0 Å². The monoisotopic (exact) mass is 226 g/mol. The van der Waals surface area contributed by atoms with Gasteiger partial charge in [-0.15, -0.1) is 0 Å². The van der Waals surface area contributed by atoms with E-state index >= 15 is 0 Å². The Kier molecular flexibility index (Phi) is 4.92. The SMILES string of the molecule is CC(C)CC(CN)Nc1ccc(Cl)cc1. The zero-order valence-corrected chi connectivity index (χ0v) is 10.1. The molecule has 1 unspecified atom stereocenters. The first-order valence-electron chi connectivity index (χ1n) is 5.34. The van der Waals surface area contributed by atoms with Crippen molar-refractivity contribution in [1.29, 1.82) is 0 Å². The Morgan fingerprint density at radius 1 is 1.27 bits per heavy atom. The lowest BCUT2D eigenvalue weighted by Gasteiger charge is -2.20. The summed E-state index contributed by atoms with van der Waals surface area (Å²) in [6.45, 7) is 5.05. The van der Waals surface area contributed by atoms with Gasteiger partial charge >= 0.3 is 0 Å². The van der Waals surface area contributed by atoms with Crippen LogP contribution < -0.4 is 11.1 Å². The molecule has 1 rings (SSSR count). The van der Waals surface area contributed by atoms with Crippen molar-refractivity contribution < 1.29 is 0 Å². The molecule has 1 aromatic rings. The lowest BCUT2D eigenvalue weighted by molar-refractivity contribution is 0.522. The molecule has 0 amide bonds. The van der Waals surface area contributed by atoms with Gasteiger partial charge in [-0.05, 0) is 36.6 Å². The molecule has 0 heterocycles. The minimum Gasteiger partial charge on any atom is -0.381 e. The van der Waals surface area contributed by atoms with Crippen molar-refractivity contribution in [2.45, 2.75) is 26.3 Å². The molecule has 1 atom stereocenters. The lowest BCUT2D eigenvalue weighted by atomic mass is 10.0. The number of rotatable bonds is 5. The van der Waals surface area contributed by atoms with Gasteiger partial charge in [0, 0.05) is 23.3 Å². The van der Waals surface area contributed by atoms with Crippen LogP contribution in [0.2, 0.25) is 5.02 Å². The predicted molar refractivity (Wildman–Crippen MR) is 67.4 cm³/mol. The van der Waals surface area contributed by atoms with Gasteiger partial charge in [0.2, 0.25) is 0 Å². The van der Waals surface area contributed by atoms with Crippen LogP contribution in [-0.4, -0.2) is 12.6 Å². The van der Waals surface area contributed by atoms with E-state index in [4.69, 9.17) is 17.3 Å². The zero-order chi connectivity index (χ0) is 11.3. The van der Waals surface area contributed by atoms with Gasteiger partial charge in [-0.25, -0.2) is 0 Å². The zero-order valence-electron chi connectivity index (χ0n) is 9.33. The van der Waals surface area contributed by atoms with Crippen LogP contribution >= 0.6 is 11.6 Å². The van der Waals surface area contributed by atoms with Crippen molar-refractivity contribution in [3.63, 3.8) is 0 Å². The molecule has 0 aliphatic carbocycles. The fraction of sp³-hybridized carbons (Fsp3) is 0.500. The summed E-state index contributed by atoms with van der Waals surface area (Å²) in [5.41, 5.74) is 6.79. The van der Waals surface area contributed by atoms with E-state index in [0.717, 1.165) is 17.1 Å². The molecule has 0 fully saturated rings. The highest BCUT2D eigenvalue weighted by atomic mass is 35.5. The van der Waals surface area contributed by atoms with E-state index in [1.54, 1.807) is 0 Å². The molecule has 0 saturated heterocycles. The maximum atomic E-state index is 5.81. The van der Waals surface area contributed by atoms with Gasteiger partial charge in [-0.3, -0.25) is 0 Å². The van der Waals surface area contributed by atoms with Crippen molar-refractivity contribution in [3.8, 4) is 0 Å². The third kappa shape index (κ3) is 4.54. The summed E-state index contributed by atoms with van der Waals surface area (Å²) in [7, 11) is 0. The summed E-state index contributed by atoms with van der Waals surface area (Å²) < 4.78 is 0. The molecule has 0 aliphatic rings. The predicted octanol–water partition coefficient (Wildman–Crippen LogP) is 3.13. The van der Waals surface area contributed by atoms with Gasteiger partial charge in [0.25, 0.3) is 0 Å². The number of benzene rings is 1. The number of halogens is 1. The van der Waals surface area contributed by atoms with E-state index in [9.17, 15) is 0 Å². The second kappa shape index (κ2) is 5.99. The lowest BCUT2D eigenvalue weighted by Crippen LogP contribution is -2.30. The van der Waals surface area contributed by atoms with Crippen molar-refractivity contribution in [2.24, 2.45) is 11.7 Å². The highest BCUT2D eigenvalue weighted by Crippen LogP contribution is 2.16. The molecular formula is C12H19ClN2. The maximum absolute atomic E-state index is 5.81. The van der Waals surface area contributed by atoms with Crippen LogP contribution in [0.1, 0.15) is 20.3 Å². The largest absolute Gasteiger partial charge is 0.381 e. The highest BCUT2D eigenvalue weighted by molar-refractivity contribution is 6.30. The molecule has 1 aromatic carbocycles. The van der Waals surface area contributed by atoms with Crippen LogP contribution in [0.15, 0.2) is 24.3 Å². The smallest absolute Gasteiger partial charge is 0.0407 e. The van der Waals surface area contributed by atoms with Gasteiger partial charge in [-0.2, -0.15) is 0 Å². The molecule has 0 aromatic heterocycles. The number of nitrogens with two attached hydrogens (primary N) is 1. The third-order valence-corrected chi connectivity index (χ3v) is 2.51. The molecule has 3 heteroatoms. The Labute approximate surface area is 96.8 Å². The average molecular weight is 227 g/mol.